The maximum Gasteiger partial charge on any atom is 0.237 e. The van der Waals surface area contributed by atoms with E-state index in [2.05, 4.69) is 22.8 Å². The van der Waals surface area contributed by atoms with Gasteiger partial charge in [0.1, 0.15) is 0 Å². The predicted octanol–water partition coefficient (Wildman–Crippen LogP) is 0.994. The van der Waals surface area contributed by atoms with Crippen molar-refractivity contribution in [1.82, 2.24) is 10.6 Å². The lowest BCUT2D eigenvalue weighted by molar-refractivity contribution is -0.124. The van der Waals surface area contributed by atoms with Crippen LogP contribution in [0.3, 0.4) is 0 Å². The number of hydrogen-bond donors (Lipinski definition) is 2. The first-order valence-corrected chi connectivity index (χ1v) is 6.96. The maximum absolute atomic E-state index is 12.3. The fourth-order valence-electron chi connectivity index (χ4n) is 2.84. The van der Waals surface area contributed by atoms with E-state index in [1.54, 1.807) is 0 Å². The second-order valence-corrected chi connectivity index (χ2v) is 5.39. The lowest BCUT2D eigenvalue weighted by atomic mass is 9.95. The van der Waals surface area contributed by atoms with Crippen molar-refractivity contribution >= 4 is 5.91 Å². The molecule has 19 heavy (non-hydrogen) atoms. The standard InChI is InChI=1S/C15H20N2O2/c1-10-13(6-7-19-10)17-15(18)14-8-11-4-2-3-5-12(11)9-16-14/h2-5,10,13-14,16H,6-9H2,1H3,(H,17,18). The summed E-state index contributed by atoms with van der Waals surface area (Å²) in [6.45, 7) is 3.53. The van der Waals surface area contributed by atoms with Gasteiger partial charge in [-0.05, 0) is 30.9 Å². The lowest BCUT2D eigenvalue weighted by Gasteiger charge is -2.27. The Kier molecular flexibility index (Phi) is 3.53. The Morgan fingerprint density at radius 2 is 2.16 bits per heavy atom. The Morgan fingerprint density at radius 1 is 1.37 bits per heavy atom. The zero-order valence-corrected chi connectivity index (χ0v) is 11.2. The Morgan fingerprint density at radius 3 is 2.89 bits per heavy atom. The number of amides is 1. The third-order valence-corrected chi connectivity index (χ3v) is 4.10. The van der Waals surface area contributed by atoms with E-state index >= 15 is 0 Å². The highest BCUT2D eigenvalue weighted by Crippen LogP contribution is 2.17. The van der Waals surface area contributed by atoms with Gasteiger partial charge in [-0.25, -0.2) is 0 Å². The zero-order chi connectivity index (χ0) is 13.2. The van der Waals surface area contributed by atoms with Crippen molar-refractivity contribution in [1.29, 1.82) is 0 Å². The molecule has 2 aliphatic heterocycles. The molecule has 0 bridgehead atoms. The molecule has 3 rings (SSSR count). The van der Waals surface area contributed by atoms with Crippen LogP contribution >= 0.6 is 0 Å². The molecule has 4 nitrogen and oxygen atoms in total. The van der Waals surface area contributed by atoms with Crippen LogP contribution in [0.25, 0.3) is 0 Å². The first kappa shape index (κ1) is 12.6. The molecule has 2 aliphatic rings. The van der Waals surface area contributed by atoms with Crippen LogP contribution in [-0.2, 0) is 22.5 Å². The molecule has 1 aromatic rings. The van der Waals surface area contributed by atoms with Crippen molar-refractivity contribution in [3.05, 3.63) is 35.4 Å². The zero-order valence-electron chi connectivity index (χ0n) is 11.2. The molecule has 3 unspecified atom stereocenters. The number of fused-ring (bicyclic) bond motifs is 1. The quantitative estimate of drug-likeness (QED) is 0.834. The molecule has 3 atom stereocenters. The van der Waals surface area contributed by atoms with Gasteiger partial charge in [-0.1, -0.05) is 24.3 Å². The Labute approximate surface area is 113 Å². The van der Waals surface area contributed by atoms with E-state index in [1.807, 2.05) is 19.1 Å². The topological polar surface area (TPSA) is 50.4 Å². The largest absolute Gasteiger partial charge is 0.376 e. The van der Waals surface area contributed by atoms with Crippen molar-refractivity contribution < 1.29 is 9.53 Å². The van der Waals surface area contributed by atoms with E-state index < -0.39 is 0 Å². The Balaban J connectivity index is 1.63. The van der Waals surface area contributed by atoms with E-state index in [-0.39, 0.29) is 24.1 Å². The minimum absolute atomic E-state index is 0.0943. The fraction of sp³-hybridized carbons (Fsp3) is 0.533. The van der Waals surface area contributed by atoms with Crippen molar-refractivity contribution in [2.75, 3.05) is 6.61 Å². The summed E-state index contributed by atoms with van der Waals surface area (Å²) in [6, 6.07) is 8.33. The number of hydrogen-bond acceptors (Lipinski definition) is 3. The monoisotopic (exact) mass is 260 g/mol. The molecule has 0 aliphatic carbocycles. The minimum atomic E-state index is -0.123. The molecule has 0 spiro atoms. The van der Waals surface area contributed by atoms with Gasteiger partial charge < -0.3 is 15.4 Å². The average molecular weight is 260 g/mol. The smallest absolute Gasteiger partial charge is 0.237 e. The van der Waals surface area contributed by atoms with Crippen LogP contribution in [0.1, 0.15) is 24.5 Å². The van der Waals surface area contributed by atoms with E-state index in [0.717, 1.165) is 26.0 Å². The van der Waals surface area contributed by atoms with Crippen molar-refractivity contribution in [2.45, 2.75) is 44.5 Å². The van der Waals surface area contributed by atoms with Crippen LogP contribution in [0.2, 0.25) is 0 Å². The average Bonchev–Trinajstić information content (AvgIpc) is 2.84. The van der Waals surface area contributed by atoms with E-state index in [1.165, 1.54) is 11.1 Å². The molecule has 4 heteroatoms. The molecule has 1 amide bonds. The van der Waals surface area contributed by atoms with Gasteiger partial charge in [-0.3, -0.25) is 4.79 Å². The van der Waals surface area contributed by atoms with Crippen LogP contribution in [0.4, 0.5) is 0 Å². The van der Waals surface area contributed by atoms with Gasteiger partial charge in [0.25, 0.3) is 0 Å². The van der Waals surface area contributed by atoms with Gasteiger partial charge in [0.05, 0.1) is 18.2 Å². The number of rotatable bonds is 2. The highest BCUT2D eigenvalue weighted by atomic mass is 16.5. The number of ether oxygens (including phenoxy) is 1. The highest BCUT2D eigenvalue weighted by molar-refractivity contribution is 5.82. The molecule has 2 heterocycles. The van der Waals surface area contributed by atoms with E-state index in [4.69, 9.17) is 4.74 Å². The molecule has 1 aromatic carbocycles. The van der Waals surface area contributed by atoms with Crippen LogP contribution < -0.4 is 10.6 Å². The van der Waals surface area contributed by atoms with Crippen LogP contribution in [-0.4, -0.2) is 30.7 Å². The second-order valence-electron chi connectivity index (χ2n) is 5.39. The minimum Gasteiger partial charge on any atom is -0.376 e. The van der Waals surface area contributed by atoms with Gasteiger partial charge in [-0.2, -0.15) is 0 Å². The number of carbonyl (C=O) groups is 1. The van der Waals surface area contributed by atoms with Crippen LogP contribution in [0, 0.1) is 0 Å². The van der Waals surface area contributed by atoms with Crippen molar-refractivity contribution in [3.63, 3.8) is 0 Å². The summed E-state index contributed by atoms with van der Waals surface area (Å²) >= 11 is 0. The number of nitrogens with one attached hydrogen (secondary N) is 2. The molecule has 2 N–H and O–H groups in total. The van der Waals surface area contributed by atoms with Gasteiger partial charge in [0, 0.05) is 13.2 Å². The summed E-state index contributed by atoms with van der Waals surface area (Å²) in [7, 11) is 0. The molecule has 0 radical (unpaired) electrons. The summed E-state index contributed by atoms with van der Waals surface area (Å²) in [5, 5.41) is 6.41. The highest BCUT2D eigenvalue weighted by Gasteiger charge is 2.30. The van der Waals surface area contributed by atoms with Crippen molar-refractivity contribution in [3.8, 4) is 0 Å². The Hall–Kier alpha value is -1.39. The molecular formula is C15H20N2O2. The van der Waals surface area contributed by atoms with Gasteiger partial charge in [0.15, 0.2) is 0 Å². The summed E-state index contributed by atoms with van der Waals surface area (Å²) in [5.74, 6) is 0.0943. The lowest BCUT2D eigenvalue weighted by Crippen LogP contribution is -2.51. The summed E-state index contributed by atoms with van der Waals surface area (Å²) < 4.78 is 5.47. The summed E-state index contributed by atoms with van der Waals surface area (Å²) in [5.41, 5.74) is 2.57. The van der Waals surface area contributed by atoms with Crippen molar-refractivity contribution in [2.24, 2.45) is 0 Å². The summed E-state index contributed by atoms with van der Waals surface area (Å²) in [4.78, 5) is 12.3. The number of carbonyl (C=O) groups excluding carboxylic acids is 1. The molecule has 1 fully saturated rings. The van der Waals surface area contributed by atoms with Gasteiger partial charge in [0.2, 0.25) is 5.91 Å². The van der Waals surface area contributed by atoms with E-state index in [0.29, 0.717) is 0 Å². The second kappa shape index (κ2) is 5.31. The third kappa shape index (κ3) is 2.65. The Bertz CT molecular complexity index is 475. The van der Waals surface area contributed by atoms with E-state index in [9.17, 15) is 4.79 Å². The van der Waals surface area contributed by atoms with Crippen LogP contribution in [0.15, 0.2) is 24.3 Å². The first-order valence-electron chi connectivity index (χ1n) is 6.96. The molecule has 0 saturated carbocycles. The molecule has 102 valence electrons. The van der Waals surface area contributed by atoms with Gasteiger partial charge in [-0.15, -0.1) is 0 Å². The normalized spacial score (nSPS) is 29.8. The SMILES string of the molecule is CC1OCCC1NC(=O)C1Cc2ccccc2CN1. The molecule has 1 saturated heterocycles. The maximum atomic E-state index is 12.3. The predicted molar refractivity (Wildman–Crippen MR) is 72.7 cm³/mol. The fourth-order valence-corrected chi connectivity index (χ4v) is 2.84. The first-order chi connectivity index (χ1) is 9.24. The van der Waals surface area contributed by atoms with Gasteiger partial charge >= 0.3 is 0 Å². The molecular weight excluding hydrogens is 240 g/mol. The number of benzene rings is 1. The third-order valence-electron chi connectivity index (χ3n) is 4.10. The van der Waals surface area contributed by atoms with Crippen LogP contribution in [0.5, 0.6) is 0 Å². The molecule has 0 aromatic heterocycles. The summed E-state index contributed by atoms with van der Waals surface area (Å²) in [6.07, 6.45) is 1.81.